The van der Waals surface area contributed by atoms with Gasteiger partial charge in [0.1, 0.15) is 6.04 Å². The monoisotopic (exact) mass is 323 g/mol. The Morgan fingerprint density at radius 3 is 2.13 bits per heavy atom. The van der Waals surface area contributed by atoms with E-state index in [0.29, 0.717) is 0 Å². The van der Waals surface area contributed by atoms with Crippen LogP contribution in [-0.4, -0.2) is 41.1 Å². The van der Waals surface area contributed by atoms with E-state index >= 15 is 0 Å². The lowest BCUT2D eigenvalue weighted by atomic mass is 9.81. The number of nitrogens with two attached hydrogens (primary N) is 1. The first kappa shape index (κ1) is 17.4. The van der Waals surface area contributed by atoms with Crippen molar-refractivity contribution < 1.29 is 19.2 Å². The smallest absolute Gasteiger partial charge is 0.240 e. The molecular weight excluding hydrogens is 298 g/mol. The topological polar surface area (TPSA) is 110 Å². The van der Waals surface area contributed by atoms with Crippen LogP contribution in [0.15, 0.2) is 0 Å². The molecule has 2 rings (SSSR count). The molecule has 3 N–H and O–H groups in total. The number of rotatable bonds is 6. The molecule has 4 amide bonds. The van der Waals surface area contributed by atoms with Crippen molar-refractivity contribution in [3.05, 3.63) is 0 Å². The number of imide groups is 1. The van der Waals surface area contributed by atoms with Gasteiger partial charge in [-0.15, -0.1) is 0 Å². The Hall–Kier alpha value is -1.92. The maximum absolute atomic E-state index is 12.3. The average molecular weight is 323 g/mol. The van der Waals surface area contributed by atoms with Crippen LogP contribution in [0, 0.1) is 17.8 Å². The van der Waals surface area contributed by atoms with Crippen molar-refractivity contribution in [3.8, 4) is 0 Å². The highest BCUT2D eigenvalue weighted by Gasteiger charge is 2.47. The fourth-order valence-corrected chi connectivity index (χ4v) is 3.48. The van der Waals surface area contributed by atoms with E-state index in [9.17, 15) is 19.2 Å². The van der Waals surface area contributed by atoms with E-state index in [4.69, 9.17) is 5.73 Å². The molecule has 0 spiro atoms. The summed E-state index contributed by atoms with van der Waals surface area (Å²) in [6.07, 6.45) is 3.46. The Balaban J connectivity index is 1.90. The number of carbonyl (C=O) groups excluding carboxylic acids is 4. The molecule has 0 unspecified atom stereocenters. The molecule has 2 aliphatic rings. The van der Waals surface area contributed by atoms with Gasteiger partial charge >= 0.3 is 0 Å². The molecule has 0 bridgehead atoms. The summed E-state index contributed by atoms with van der Waals surface area (Å²) in [4.78, 5) is 49.1. The van der Waals surface area contributed by atoms with Gasteiger partial charge in [-0.05, 0) is 18.8 Å². The van der Waals surface area contributed by atoms with E-state index in [1.807, 2.05) is 0 Å². The summed E-state index contributed by atoms with van der Waals surface area (Å²) in [5.74, 6) is -1.78. The Bertz CT molecular complexity index is 493. The molecule has 128 valence electrons. The molecule has 0 aromatic rings. The summed E-state index contributed by atoms with van der Waals surface area (Å²) in [5.41, 5.74) is 5.26. The van der Waals surface area contributed by atoms with E-state index in [1.54, 1.807) is 13.8 Å². The van der Waals surface area contributed by atoms with E-state index in [-0.39, 0.29) is 48.4 Å². The van der Waals surface area contributed by atoms with Gasteiger partial charge in [0.05, 0.1) is 11.8 Å². The largest absolute Gasteiger partial charge is 0.368 e. The van der Waals surface area contributed by atoms with Crippen LogP contribution in [0.3, 0.4) is 0 Å². The summed E-state index contributed by atoms with van der Waals surface area (Å²) in [6.45, 7) is 3.64. The van der Waals surface area contributed by atoms with Crippen molar-refractivity contribution >= 4 is 23.6 Å². The zero-order valence-corrected chi connectivity index (χ0v) is 13.7. The minimum atomic E-state index is -0.741. The second-order valence-corrected chi connectivity index (χ2v) is 6.77. The van der Waals surface area contributed by atoms with Gasteiger partial charge < -0.3 is 11.1 Å². The minimum absolute atomic E-state index is 0.00653. The number of hydrogen-bond donors (Lipinski definition) is 2. The molecule has 1 saturated carbocycles. The Kier molecular flexibility index (Phi) is 5.38. The predicted octanol–water partition coefficient (Wildman–Crippen LogP) is 0.178. The molecule has 2 fully saturated rings. The highest BCUT2D eigenvalue weighted by molar-refractivity contribution is 6.05. The number of hydrogen-bond acceptors (Lipinski definition) is 4. The fourth-order valence-electron chi connectivity index (χ4n) is 3.48. The maximum atomic E-state index is 12.3. The summed E-state index contributed by atoms with van der Waals surface area (Å²) in [6, 6.07) is -0.741. The molecule has 1 heterocycles. The molecule has 23 heavy (non-hydrogen) atoms. The molecule has 0 aromatic heterocycles. The van der Waals surface area contributed by atoms with Crippen LogP contribution in [0.1, 0.15) is 46.0 Å². The van der Waals surface area contributed by atoms with Crippen molar-refractivity contribution in [1.29, 1.82) is 0 Å². The third-order valence-electron chi connectivity index (χ3n) is 4.78. The summed E-state index contributed by atoms with van der Waals surface area (Å²) >= 11 is 0. The van der Waals surface area contributed by atoms with Gasteiger partial charge in [-0.2, -0.15) is 0 Å². The van der Waals surface area contributed by atoms with Crippen LogP contribution in [0.4, 0.5) is 0 Å². The normalized spacial score (nSPS) is 25.4. The van der Waals surface area contributed by atoms with Gasteiger partial charge in [-0.3, -0.25) is 24.1 Å². The average Bonchev–Trinajstić information content (AvgIpc) is 2.74. The summed E-state index contributed by atoms with van der Waals surface area (Å²) in [5, 5.41) is 2.57. The number of primary amides is 1. The van der Waals surface area contributed by atoms with Crippen LogP contribution < -0.4 is 11.1 Å². The van der Waals surface area contributed by atoms with Crippen molar-refractivity contribution in [2.45, 2.75) is 52.0 Å². The number of amides is 4. The first-order valence-electron chi connectivity index (χ1n) is 8.26. The van der Waals surface area contributed by atoms with Gasteiger partial charge in [-0.1, -0.05) is 26.7 Å². The third kappa shape index (κ3) is 3.71. The van der Waals surface area contributed by atoms with Crippen LogP contribution >= 0.6 is 0 Å². The van der Waals surface area contributed by atoms with Gasteiger partial charge in [0.25, 0.3) is 0 Å². The lowest BCUT2D eigenvalue weighted by Crippen LogP contribution is -2.48. The predicted molar refractivity (Wildman–Crippen MR) is 82.7 cm³/mol. The number of nitrogens with zero attached hydrogens (tertiary/aromatic N) is 1. The third-order valence-corrected chi connectivity index (χ3v) is 4.78. The molecule has 7 heteroatoms. The molecule has 7 nitrogen and oxygen atoms in total. The molecule has 1 aliphatic heterocycles. The summed E-state index contributed by atoms with van der Waals surface area (Å²) < 4.78 is 0. The number of likely N-dealkylation sites (tertiary alicyclic amines) is 1. The molecule has 0 aromatic carbocycles. The molecule has 0 radical (unpaired) electrons. The summed E-state index contributed by atoms with van der Waals surface area (Å²) in [7, 11) is 0. The molecule has 1 saturated heterocycles. The van der Waals surface area contributed by atoms with Crippen molar-refractivity contribution in [2.75, 3.05) is 6.54 Å². The molecule has 1 aliphatic carbocycles. The number of carbonyl (C=O) groups is 4. The van der Waals surface area contributed by atoms with Gasteiger partial charge in [-0.25, -0.2) is 0 Å². The lowest BCUT2D eigenvalue weighted by molar-refractivity contribution is -0.140. The number of nitrogens with one attached hydrogen (secondary N) is 1. The van der Waals surface area contributed by atoms with Gasteiger partial charge in [0, 0.05) is 13.0 Å². The fraction of sp³-hybridized carbons (Fsp3) is 0.750. The van der Waals surface area contributed by atoms with Crippen LogP contribution in [0.25, 0.3) is 0 Å². The number of fused-ring (bicyclic) bond motifs is 1. The van der Waals surface area contributed by atoms with Crippen molar-refractivity contribution in [3.63, 3.8) is 0 Å². The minimum Gasteiger partial charge on any atom is -0.368 e. The lowest BCUT2D eigenvalue weighted by Gasteiger charge is -2.20. The second kappa shape index (κ2) is 7.10. The van der Waals surface area contributed by atoms with Gasteiger partial charge in [0.15, 0.2) is 0 Å². The van der Waals surface area contributed by atoms with E-state index in [1.165, 1.54) is 4.90 Å². The van der Waals surface area contributed by atoms with E-state index in [2.05, 4.69) is 5.32 Å². The Morgan fingerprint density at radius 1 is 1.17 bits per heavy atom. The SMILES string of the molecule is CC(C)[C@H](NC(=O)CCN1C(=O)[C@@H]2CCCC[C@H]2C1=O)C(N)=O. The standard InChI is InChI=1S/C16H25N3O4/c1-9(2)13(14(17)21)18-12(20)7-8-19-15(22)10-5-3-4-6-11(10)16(19)23/h9-11,13H,3-8H2,1-2H3,(H2,17,21)(H,18,20)/t10-,11-,13+/m1/s1. The zero-order chi connectivity index (χ0) is 17.1. The highest BCUT2D eigenvalue weighted by atomic mass is 16.2. The quantitative estimate of drug-likeness (QED) is 0.679. The maximum Gasteiger partial charge on any atom is 0.240 e. The first-order valence-corrected chi connectivity index (χ1v) is 8.26. The van der Waals surface area contributed by atoms with Crippen LogP contribution in [-0.2, 0) is 19.2 Å². The van der Waals surface area contributed by atoms with Crippen molar-refractivity contribution in [1.82, 2.24) is 10.2 Å². The highest BCUT2D eigenvalue weighted by Crippen LogP contribution is 2.37. The Morgan fingerprint density at radius 2 is 1.70 bits per heavy atom. The van der Waals surface area contributed by atoms with Gasteiger partial charge in [0.2, 0.25) is 23.6 Å². The first-order chi connectivity index (χ1) is 10.8. The molecular formula is C16H25N3O4. The van der Waals surface area contributed by atoms with Crippen molar-refractivity contribution in [2.24, 2.45) is 23.5 Å². The molecule has 3 atom stereocenters. The van der Waals surface area contributed by atoms with Crippen LogP contribution in [0.2, 0.25) is 0 Å². The second-order valence-electron chi connectivity index (χ2n) is 6.77. The van der Waals surface area contributed by atoms with E-state index in [0.717, 1.165) is 25.7 Å². The zero-order valence-electron chi connectivity index (χ0n) is 13.7. The van der Waals surface area contributed by atoms with E-state index < -0.39 is 11.9 Å². The Labute approximate surface area is 135 Å². The van der Waals surface area contributed by atoms with Crippen LogP contribution in [0.5, 0.6) is 0 Å².